The van der Waals surface area contributed by atoms with Crippen LogP contribution in [0.2, 0.25) is 0 Å². The van der Waals surface area contributed by atoms with E-state index in [9.17, 15) is 0 Å². The molecule has 0 spiro atoms. The van der Waals surface area contributed by atoms with E-state index in [4.69, 9.17) is 4.74 Å². The zero-order chi connectivity index (χ0) is 12.8. The first kappa shape index (κ1) is 13.4. The van der Waals surface area contributed by atoms with Crippen molar-refractivity contribution in [2.24, 2.45) is 5.92 Å². The standard InChI is InChI=1S/C15H24N2O/c1-17(9-7-13-6-8-16-11-13)12-14-4-3-5-15(10-14)18-2/h3-5,10,13,16H,6-9,11-12H2,1-2H3. The minimum Gasteiger partial charge on any atom is -0.497 e. The molecule has 18 heavy (non-hydrogen) atoms. The Hall–Kier alpha value is -1.06. The van der Waals surface area contributed by atoms with Gasteiger partial charge in [0, 0.05) is 6.54 Å². The first-order valence-electron chi connectivity index (χ1n) is 6.80. The number of methoxy groups -OCH3 is 1. The van der Waals surface area contributed by atoms with Crippen LogP contribution in [-0.2, 0) is 6.54 Å². The number of ether oxygens (including phenoxy) is 1. The molecule has 1 aliphatic rings. The van der Waals surface area contributed by atoms with Crippen LogP contribution < -0.4 is 10.1 Å². The molecule has 2 rings (SSSR count). The van der Waals surface area contributed by atoms with E-state index in [0.29, 0.717) is 0 Å². The van der Waals surface area contributed by atoms with Crippen molar-refractivity contribution in [3.63, 3.8) is 0 Å². The summed E-state index contributed by atoms with van der Waals surface area (Å²) in [5.74, 6) is 1.82. The Morgan fingerprint density at radius 2 is 2.33 bits per heavy atom. The highest BCUT2D eigenvalue weighted by Crippen LogP contribution is 2.16. The Morgan fingerprint density at radius 3 is 3.06 bits per heavy atom. The Bertz CT molecular complexity index is 361. The van der Waals surface area contributed by atoms with Gasteiger partial charge < -0.3 is 15.0 Å². The van der Waals surface area contributed by atoms with E-state index >= 15 is 0 Å². The topological polar surface area (TPSA) is 24.5 Å². The summed E-state index contributed by atoms with van der Waals surface area (Å²) in [6.07, 6.45) is 2.64. The lowest BCUT2D eigenvalue weighted by Gasteiger charge is -2.19. The summed E-state index contributed by atoms with van der Waals surface area (Å²) in [4.78, 5) is 2.40. The molecule has 0 aromatic heterocycles. The van der Waals surface area contributed by atoms with Gasteiger partial charge in [-0.2, -0.15) is 0 Å². The average Bonchev–Trinajstić information content (AvgIpc) is 2.90. The predicted molar refractivity (Wildman–Crippen MR) is 74.9 cm³/mol. The molecule has 1 unspecified atom stereocenters. The molecule has 1 saturated heterocycles. The molecule has 1 aromatic carbocycles. The molecule has 0 aliphatic carbocycles. The van der Waals surface area contributed by atoms with Crippen molar-refractivity contribution in [3.05, 3.63) is 29.8 Å². The molecular weight excluding hydrogens is 224 g/mol. The molecular formula is C15H24N2O. The van der Waals surface area contributed by atoms with Gasteiger partial charge in [-0.1, -0.05) is 12.1 Å². The lowest BCUT2D eigenvalue weighted by atomic mass is 10.0. The zero-order valence-electron chi connectivity index (χ0n) is 11.5. The highest BCUT2D eigenvalue weighted by Gasteiger charge is 2.14. The van der Waals surface area contributed by atoms with Crippen LogP contribution in [0, 0.1) is 5.92 Å². The number of nitrogens with one attached hydrogen (secondary N) is 1. The van der Waals surface area contributed by atoms with Gasteiger partial charge in [0.15, 0.2) is 0 Å². The fourth-order valence-electron chi connectivity index (χ4n) is 2.53. The quantitative estimate of drug-likeness (QED) is 0.834. The Morgan fingerprint density at radius 1 is 1.44 bits per heavy atom. The molecule has 1 aliphatic heterocycles. The lowest BCUT2D eigenvalue weighted by Crippen LogP contribution is -2.22. The van der Waals surface area contributed by atoms with Crippen LogP contribution in [0.15, 0.2) is 24.3 Å². The first-order valence-corrected chi connectivity index (χ1v) is 6.80. The van der Waals surface area contributed by atoms with Gasteiger partial charge >= 0.3 is 0 Å². The summed E-state index contributed by atoms with van der Waals surface area (Å²) in [6, 6.07) is 8.33. The summed E-state index contributed by atoms with van der Waals surface area (Å²) < 4.78 is 5.25. The maximum atomic E-state index is 5.25. The summed E-state index contributed by atoms with van der Waals surface area (Å²) in [7, 11) is 3.91. The molecule has 1 heterocycles. The maximum Gasteiger partial charge on any atom is 0.119 e. The third-order valence-corrected chi connectivity index (χ3v) is 3.67. The third kappa shape index (κ3) is 4.00. The summed E-state index contributed by atoms with van der Waals surface area (Å²) >= 11 is 0. The van der Waals surface area contributed by atoms with Crippen molar-refractivity contribution in [2.75, 3.05) is 33.8 Å². The molecule has 0 saturated carbocycles. The van der Waals surface area contributed by atoms with Crippen molar-refractivity contribution >= 4 is 0 Å². The second-order valence-corrected chi connectivity index (χ2v) is 5.24. The zero-order valence-corrected chi connectivity index (χ0v) is 11.5. The molecule has 0 bridgehead atoms. The molecule has 1 aromatic rings. The highest BCUT2D eigenvalue weighted by atomic mass is 16.5. The Balaban J connectivity index is 1.76. The SMILES string of the molecule is COc1cccc(CN(C)CCC2CCNC2)c1. The fourth-order valence-corrected chi connectivity index (χ4v) is 2.53. The second-order valence-electron chi connectivity index (χ2n) is 5.24. The fraction of sp³-hybridized carbons (Fsp3) is 0.600. The minimum absolute atomic E-state index is 0.873. The molecule has 1 atom stereocenters. The van der Waals surface area contributed by atoms with Gasteiger partial charge in [-0.05, 0) is 63.1 Å². The van der Waals surface area contributed by atoms with Gasteiger partial charge in [-0.25, -0.2) is 0 Å². The second kappa shape index (κ2) is 6.76. The van der Waals surface area contributed by atoms with Gasteiger partial charge in [0.1, 0.15) is 5.75 Å². The van der Waals surface area contributed by atoms with Crippen molar-refractivity contribution in [2.45, 2.75) is 19.4 Å². The van der Waals surface area contributed by atoms with E-state index in [1.807, 2.05) is 6.07 Å². The van der Waals surface area contributed by atoms with Crippen molar-refractivity contribution in [3.8, 4) is 5.75 Å². The molecule has 3 heteroatoms. The number of hydrogen-bond acceptors (Lipinski definition) is 3. The predicted octanol–water partition coefficient (Wildman–Crippen LogP) is 2.13. The summed E-state index contributed by atoms with van der Waals surface area (Å²) in [5, 5.41) is 3.43. The van der Waals surface area contributed by atoms with Crippen molar-refractivity contribution in [1.82, 2.24) is 10.2 Å². The van der Waals surface area contributed by atoms with Gasteiger partial charge in [0.2, 0.25) is 0 Å². The van der Waals surface area contributed by atoms with Crippen LogP contribution in [0.5, 0.6) is 5.75 Å². The largest absolute Gasteiger partial charge is 0.497 e. The number of rotatable bonds is 6. The van der Waals surface area contributed by atoms with Crippen LogP contribution in [0.3, 0.4) is 0 Å². The molecule has 0 radical (unpaired) electrons. The molecule has 1 N–H and O–H groups in total. The third-order valence-electron chi connectivity index (χ3n) is 3.67. The lowest BCUT2D eigenvalue weighted by molar-refractivity contribution is 0.297. The van der Waals surface area contributed by atoms with Crippen LogP contribution >= 0.6 is 0 Å². The number of hydrogen-bond donors (Lipinski definition) is 1. The average molecular weight is 248 g/mol. The monoisotopic (exact) mass is 248 g/mol. The maximum absolute atomic E-state index is 5.25. The van der Waals surface area contributed by atoms with Gasteiger partial charge in [-0.3, -0.25) is 0 Å². The number of benzene rings is 1. The highest BCUT2D eigenvalue weighted by molar-refractivity contribution is 5.28. The van der Waals surface area contributed by atoms with Gasteiger partial charge in [-0.15, -0.1) is 0 Å². The van der Waals surface area contributed by atoms with Gasteiger partial charge in [0.05, 0.1) is 7.11 Å². The first-order chi connectivity index (χ1) is 8.78. The Labute approximate surface area is 110 Å². The van der Waals surface area contributed by atoms with Crippen molar-refractivity contribution < 1.29 is 4.74 Å². The molecule has 3 nitrogen and oxygen atoms in total. The molecule has 1 fully saturated rings. The van der Waals surface area contributed by atoms with E-state index in [-0.39, 0.29) is 0 Å². The summed E-state index contributed by atoms with van der Waals surface area (Å²) in [5.41, 5.74) is 1.32. The van der Waals surface area contributed by atoms with Crippen LogP contribution in [0.1, 0.15) is 18.4 Å². The van der Waals surface area contributed by atoms with E-state index in [1.165, 1.54) is 38.0 Å². The van der Waals surface area contributed by atoms with Crippen LogP contribution in [0.25, 0.3) is 0 Å². The van der Waals surface area contributed by atoms with Gasteiger partial charge in [0.25, 0.3) is 0 Å². The van der Waals surface area contributed by atoms with Crippen LogP contribution in [-0.4, -0.2) is 38.7 Å². The Kier molecular flexibility index (Phi) is 5.02. The minimum atomic E-state index is 0.873. The van der Waals surface area contributed by atoms with Crippen LogP contribution in [0.4, 0.5) is 0 Å². The normalized spacial score (nSPS) is 19.4. The van der Waals surface area contributed by atoms with Crippen molar-refractivity contribution in [1.29, 1.82) is 0 Å². The van der Waals surface area contributed by atoms with E-state index < -0.39 is 0 Å². The molecule has 100 valence electrons. The summed E-state index contributed by atoms with van der Waals surface area (Å²) in [6.45, 7) is 4.57. The van der Waals surface area contributed by atoms with E-state index in [0.717, 1.165) is 18.2 Å². The smallest absolute Gasteiger partial charge is 0.119 e. The van der Waals surface area contributed by atoms with E-state index in [1.54, 1.807) is 7.11 Å². The number of nitrogens with zero attached hydrogens (tertiary/aromatic N) is 1. The van der Waals surface area contributed by atoms with E-state index in [2.05, 4.69) is 35.5 Å². The molecule has 0 amide bonds.